The Kier molecular flexibility index (Phi) is 2.81. The predicted molar refractivity (Wildman–Crippen MR) is 47.9 cm³/mol. The van der Waals surface area contributed by atoms with E-state index in [4.69, 9.17) is 5.73 Å². The molecular weight excluding hydrogens is 152 g/mol. The Morgan fingerprint density at radius 1 is 1.50 bits per heavy atom. The number of rotatable bonds is 3. The van der Waals surface area contributed by atoms with Crippen molar-refractivity contribution in [1.29, 1.82) is 0 Å². The first-order valence-electron chi connectivity index (χ1n) is 4.27. The van der Waals surface area contributed by atoms with Crippen molar-refractivity contribution in [2.75, 3.05) is 6.54 Å². The van der Waals surface area contributed by atoms with Gasteiger partial charge in [0.25, 0.3) is 0 Å². The molecule has 0 aromatic carbocycles. The summed E-state index contributed by atoms with van der Waals surface area (Å²) in [7, 11) is 0. The van der Waals surface area contributed by atoms with E-state index in [2.05, 4.69) is 24.2 Å². The third-order valence-electron chi connectivity index (χ3n) is 1.95. The van der Waals surface area contributed by atoms with Gasteiger partial charge < -0.3 is 5.73 Å². The van der Waals surface area contributed by atoms with E-state index in [1.807, 2.05) is 11.6 Å². The Balaban J connectivity index is 2.91. The number of hydrogen-bond acceptors (Lipinski definition) is 3. The highest BCUT2D eigenvalue weighted by atomic mass is 15.4. The Morgan fingerprint density at radius 3 is 2.67 bits per heavy atom. The standard InChI is InChI=1S/C8H16N4/c1-6(2)8-5-10-11-12(8)7(3)4-9/h5-7H,4,9H2,1-3H3. The first-order valence-corrected chi connectivity index (χ1v) is 4.27. The molecule has 0 spiro atoms. The van der Waals surface area contributed by atoms with Gasteiger partial charge in [0, 0.05) is 6.54 Å². The fraction of sp³-hybridized carbons (Fsp3) is 0.750. The topological polar surface area (TPSA) is 56.7 Å². The van der Waals surface area contributed by atoms with Crippen LogP contribution in [0.4, 0.5) is 0 Å². The molecule has 0 aliphatic carbocycles. The Labute approximate surface area is 72.8 Å². The average Bonchev–Trinajstić information content (AvgIpc) is 2.50. The zero-order valence-electron chi connectivity index (χ0n) is 7.86. The fourth-order valence-corrected chi connectivity index (χ4v) is 1.11. The van der Waals surface area contributed by atoms with Crippen molar-refractivity contribution in [2.45, 2.75) is 32.7 Å². The van der Waals surface area contributed by atoms with Crippen molar-refractivity contribution < 1.29 is 0 Å². The molecule has 0 aliphatic rings. The molecule has 0 saturated carbocycles. The van der Waals surface area contributed by atoms with Gasteiger partial charge in [-0.25, -0.2) is 4.68 Å². The van der Waals surface area contributed by atoms with Gasteiger partial charge in [0.15, 0.2) is 0 Å². The van der Waals surface area contributed by atoms with E-state index in [9.17, 15) is 0 Å². The molecule has 0 fully saturated rings. The van der Waals surface area contributed by atoms with Gasteiger partial charge >= 0.3 is 0 Å². The summed E-state index contributed by atoms with van der Waals surface area (Å²) in [5.41, 5.74) is 6.69. The minimum Gasteiger partial charge on any atom is -0.328 e. The molecule has 0 aliphatic heterocycles. The third-order valence-corrected chi connectivity index (χ3v) is 1.95. The number of hydrogen-bond donors (Lipinski definition) is 1. The maximum Gasteiger partial charge on any atom is 0.0727 e. The monoisotopic (exact) mass is 168 g/mol. The van der Waals surface area contributed by atoms with E-state index >= 15 is 0 Å². The van der Waals surface area contributed by atoms with Crippen LogP contribution in [0.15, 0.2) is 6.20 Å². The van der Waals surface area contributed by atoms with Crippen molar-refractivity contribution in [3.8, 4) is 0 Å². The largest absolute Gasteiger partial charge is 0.328 e. The first kappa shape index (κ1) is 9.19. The molecule has 4 nitrogen and oxygen atoms in total. The Bertz CT molecular complexity index is 241. The lowest BCUT2D eigenvalue weighted by atomic mass is 10.1. The molecule has 0 radical (unpaired) electrons. The summed E-state index contributed by atoms with van der Waals surface area (Å²) >= 11 is 0. The Morgan fingerprint density at radius 2 is 2.17 bits per heavy atom. The van der Waals surface area contributed by atoms with E-state index in [-0.39, 0.29) is 6.04 Å². The molecule has 68 valence electrons. The van der Waals surface area contributed by atoms with Gasteiger partial charge in [0.2, 0.25) is 0 Å². The van der Waals surface area contributed by atoms with Crippen LogP contribution >= 0.6 is 0 Å². The zero-order valence-corrected chi connectivity index (χ0v) is 7.86. The predicted octanol–water partition coefficient (Wildman–Crippen LogP) is 0.921. The first-order chi connectivity index (χ1) is 5.66. The van der Waals surface area contributed by atoms with Crippen LogP contribution in [0.2, 0.25) is 0 Å². The molecule has 0 amide bonds. The number of nitrogens with two attached hydrogens (primary N) is 1. The molecule has 1 unspecified atom stereocenters. The lowest BCUT2D eigenvalue weighted by Crippen LogP contribution is -2.19. The normalized spacial score (nSPS) is 13.8. The van der Waals surface area contributed by atoms with Gasteiger partial charge in [-0.1, -0.05) is 19.1 Å². The molecule has 1 atom stereocenters. The van der Waals surface area contributed by atoms with Crippen LogP contribution in [0.1, 0.15) is 38.4 Å². The summed E-state index contributed by atoms with van der Waals surface area (Å²) in [4.78, 5) is 0. The summed E-state index contributed by atoms with van der Waals surface area (Å²) in [6.45, 7) is 6.89. The molecule has 0 bridgehead atoms. The SMILES string of the molecule is CC(C)c1cnnn1C(C)CN. The molecule has 12 heavy (non-hydrogen) atoms. The van der Waals surface area contributed by atoms with E-state index in [1.165, 1.54) is 0 Å². The minimum atomic E-state index is 0.241. The van der Waals surface area contributed by atoms with Gasteiger partial charge in [-0.15, -0.1) is 5.10 Å². The van der Waals surface area contributed by atoms with Crippen molar-refractivity contribution in [3.63, 3.8) is 0 Å². The zero-order chi connectivity index (χ0) is 9.14. The molecule has 1 aromatic rings. The highest BCUT2D eigenvalue weighted by molar-refractivity contribution is 5.01. The summed E-state index contributed by atoms with van der Waals surface area (Å²) < 4.78 is 1.89. The maximum absolute atomic E-state index is 5.54. The second kappa shape index (κ2) is 3.67. The van der Waals surface area contributed by atoms with Gasteiger partial charge in [0.05, 0.1) is 17.9 Å². The second-order valence-corrected chi connectivity index (χ2v) is 3.34. The van der Waals surface area contributed by atoms with Crippen molar-refractivity contribution in [2.24, 2.45) is 5.73 Å². The molecule has 0 saturated heterocycles. The number of nitrogens with zero attached hydrogens (tertiary/aromatic N) is 3. The molecular formula is C8H16N4. The highest BCUT2D eigenvalue weighted by Crippen LogP contribution is 2.15. The molecule has 1 heterocycles. The smallest absolute Gasteiger partial charge is 0.0727 e. The Hall–Kier alpha value is -0.900. The minimum absolute atomic E-state index is 0.241. The van der Waals surface area contributed by atoms with Crippen molar-refractivity contribution in [1.82, 2.24) is 15.0 Å². The summed E-state index contributed by atoms with van der Waals surface area (Å²) in [5.74, 6) is 0.453. The van der Waals surface area contributed by atoms with Gasteiger partial charge in [-0.2, -0.15) is 0 Å². The highest BCUT2D eigenvalue weighted by Gasteiger charge is 2.11. The van der Waals surface area contributed by atoms with Gasteiger partial charge in [0.1, 0.15) is 0 Å². The molecule has 2 N–H and O–H groups in total. The second-order valence-electron chi connectivity index (χ2n) is 3.34. The maximum atomic E-state index is 5.54. The summed E-state index contributed by atoms with van der Waals surface area (Å²) in [6, 6.07) is 0.241. The lowest BCUT2D eigenvalue weighted by Gasteiger charge is -2.13. The van der Waals surface area contributed by atoms with Crippen LogP contribution in [-0.4, -0.2) is 21.5 Å². The van der Waals surface area contributed by atoms with Crippen LogP contribution in [0.5, 0.6) is 0 Å². The third kappa shape index (κ3) is 1.64. The van der Waals surface area contributed by atoms with Crippen LogP contribution in [0.25, 0.3) is 0 Å². The molecule has 4 heteroatoms. The number of aromatic nitrogens is 3. The van der Waals surface area contributed by atoms with Crippen molar-refractivity contribution >= 4 is 0 Å². The fourth-order valence-electron chi connectivity index (χ4n) is 1.11. The average molecular weight is 168 g/mol. The van der Waals surface area contributed by atoms with E-state index in [1.54, 1.807) is 6.20 Å². The molecule has 1 rings (SSSR count). The van der Waals surface area contributed by atoms with Crippen LogP contribution in [0.3, 0.4) is 0 Å². The van der Waals surface area contributed by atoms with Gasteiger partial charge in [-0.05, 0) is 12.8 Å². The summed E-state index contributed by atoms with van der Waals surface area (Å²) in [6.07, 6.45) is 1.80. The lowest BCUT2D eigenvalue weighted by molar-refractivity contribution is 0.460. The van der Waals surface area contributed by atoms with Crippen LogP contribution < -0.4 is 5.73 Å². The van der Waals surface area contributed by atoms with Crippen LogP contribution in [-0.2, 0) is 0 Å². The van der Waals surface area contributed by atoms with Crippen LogP contribution in [0, 0.1) is 0 Å². The van der Waals surface area contributed by atoms with Gasteiger partial charge in [-0.3, -0.25) is 0 Å². The van der Waals surface area contributed by atoms with Crippen molar-refractivity contribution in [3.05, 3.63) is 11.9 Å². The summed E-state index contributed by atoms with van der Waals surface area (Å²) in [5, 5.41) is 7.86. The van der Waals surface area contributed by atoms with E-state index in [0.717, 1.165) is 5.69 Å². The molecule has 1 aromatic heterocycles. The van der Waals surface area contributed by atoms with E-state index < -0.39 is 0 Å². The van der Waals surface area contributed by atoms with E-state index in [0.29, 0.717) is 12.5 Å². The quantitative estimate of drug-likeness (QED) is 0.730.